The molecule has 0 aromatic heterocycles. The van der Waals surface area contributed by atoms with E-state index in [0.29, 0.717) is 30.3 Å². The van der Waals surface area contributed by atoms with Gasteiger partial charge in [-0.3, -0.25) is 4.79 Å². The lowest BCUT2D eigenvalue weighted by molar-refractivity contribution is -0.880. The number of carbonyl (C=O) groups is 1. The summed E-state index contributed by atoms with van der Waals surface area (Å²) in [4.78, 5) is 16.7. The van der Waals surface area contributed by atoms with Gasteiger partial charge in [0.1, 0.15) is 11.5 Å². The fourth-order valence-corrected chi connectivity index (χ4v) is 3.31. The SMILES string of the molecule is CCOc1cc(OCC)cc(C(=O)Nc2ccc(N3CC[NH+](C)CC3)cc2)c1. The van der Waals surface area contributed by atoms with E-state index in [1.165, 1.54) is 5.69 Å². The van der Waals surface area contributed by atoms with Gasteiger partial charge in [0, 0.05) is 23.0 Å². The van der Waals surface area contributed by atoms with Crippen molar-refractivity contribution in [3.63, 3.8) is 0 Å². The summed E-state index contributed by atoms with van der Waals surface area (Å²) in [7, 11) is 2.23. The van der Waals surface area contributed by atoms with E-state index in [0.717, 1.165) is 31.9 Å². The van der Waals surface area contributed by atoms with E-state index in [4.69, 9.17) is 9.47 Å². The third kappa shape index (κ3) is 5.16. The third-order valence-corrected chi connectivity index (χ3v) is 4.87. The Kier molecular flexibility index (Phi) is 6.76. The van der Waals surface area contributed by atoms with Crippen molar-refractivity contribution in [2.75, 3.05) is 56.7 Å². The Balaban J connectivity index is 1.68. The van der Waals surface area contributed by atoms with Crippen LogP contribution in [0.1, 0.15) is 24.2 Å². The van der Waals surface area contributed by atoms with Crippen LogP contribution >= 0.6 is 0 Å². The Hall–Kier alpha value is -2.73. The van der Waals surface area contributed by atoms with Crippen molar-refractivity contribution < 1.29 is 19.2 Å². The summed E-state index contributed by atoms with van der Waals surface area (Å²) in [5.41, 5.74) is 2.48. The number of hydrogen-bond acceptors (Lipinski definition) is 4. The average Bonchev–Trinajstić information content (AvgIpc) is 2.69. The van der Waals surface area contributed by atoms with Gasteiger partial charge in [0.25, 0.3) is 5.91 Å². The molecule has 1 amide bonds. The van der Waals surface area contributed by atoms with E-state index < -0.39 is 0 Å². The van der Waals surface area contributed by atoms with Crippen LogP contribution in [-0.4, -0.2) is 52.3 Å². The molecule has 3 rings (SSSR count). The second-order valence-corrected chi connectivity index (χ2v) is 7.00. The molecule has 0 atom stereocenters. The van der Waals surface area contributed by atoms with Crippen molar-refractivity contribution in [2.24, 2.45) is 0 Å². The summed E-state index contributed by atoms with van der Waals surface area (Å²) in [6.45, 7) is 9.31. The fraction of sp³-hybridized carbons (Fsp3) is 0.409. The smallest absolute Gasteiger partial charge is 0.255 e. The largest absolute Gasteiger partial charge is 0.494 e. The first kappa shape index (κ1) is 20.0. The molecule has 28 heavy (non-hydrogen) atoms. The molecule has 1 saturated heterocycles. The Morgan fingerprint density at radius 2 is 1.57 bits per heavy atom. The first-order valence-electron chi connectivity index (χ1n) is 9.97. The summed E-state index contributed by atoms with van der Waals surface area (Å²) < 4.78 is 11.1. The monoisotopic (exact) mass is 384 g/mol. The highest BCUT2D eigenvalue weighted by atomic mass is 16.5. The minimum absolute atomic E-state index is 0.182. The van der Waals surface area contributed by atoms with E-state index >= 15 is 0 Å². The standard InChI is InChI=1S/C22H29N3O3/c1-4-27-20-14-17(15-21(16-20)28-5-2)22(26)23-18-6-8-19(9-7-18)25-12-10-24(3)11-13-25/h6-9,14-16H,4-5,10-13H2,1-3H3,(H,23,26)/p+1. The molecule has 0 bridgehead atoms. The van der Waals surface area contributed by atoms with Crippen LogP contribution in [0.2, 0.25) is 0 Å². The molecule has 2 N–H and O–H groups in total. The van der Waals surface area contributed by atoms with Gasteiger partial charge in [-0.15, -0.1) is 0 Å². The molecule has 1 aliphatic rings. The molecule has 0 unspecified atom stereocenters. The van der Waals surface area contributed by atoms with Crippen molar-refractivity contribution in [2.45, 2.75) is 13.8 Å². The summed E-state index contributed by atoms with van der Waals surface area (Å²) in [5, 5.41) is 2.96. The van der Waals surface area contributed by atoms with Crippen LogP contribution in [0.3, 0.4) is 0 Å². The van der Waals surface area contributed by atoms with Crippen LogP contribution < -0.4 is 24.6 Å². The quantitative estimate of drug-likeness (QED) is 0.767. The molecule has 1 heterocycles. The molecule has 2 aromatic carbocycles. The van der Waals surface area contributed by atoms with Crippen LogP contribution in [0.4, 0.5) is 11.4 Å². The van der Waals surface area contributed by atoms with Crippen molar-refractivity contribution in [3.05, 3.63) is 48.0 Å². The minimum atomic E-state index is -0.182. The van der Waals surface area contributed by atoms with E-state index in [1.807, 2.05) is 26.0 Å². The zero-order valence-corrected chi connectivity index (χ0v) is 17.0. The molecular weight excluding hydrogens is 354 g/mol. The first-order chi connectivity index (χ1) is 13.6. The Morgan fingerprint density at radius 1 is 1.00 bits per heavy atom. The molecule has 0 saturated carbocycles. The lowest BCUT2D eigenvalue weighted by Crippen LogP contribution is -3.12. The molecule has 0 aliphatic carbocycles. The molecule has 150 valence electrons. The molecule has 1 fully saturated rings. The maximum absolute atomic E-state index is 12.7. The summed E-state index contributed by atoms with van der Waals surface area (Å²) >= 11 is 0. The molecule has 0 spiro atoms. The second-order valence-electron chi connectivity index (χ2n) is 7.00. The van der Waals surface area contributed by atoms with Gasteiger partial charge in [0.05, 0.1) is 46.4 Å². The highest BCUT2D eigenvalue weighted by molar-refractivity contribution is 6.04. The number of piperazine rings is 1. The topological polar surface area (TPSA) is 55.2 Å². The van der Waals surface area contributed by atoms with Gasteiger partial charge in [-0.05, 0) is 50.2 Å². The summed E-state index contributed by atoms with van der Waals surface area (Å²) in [6.07, 6.45) is 0. The lowest BCUT2D eigenvalue weighted by Gasteiger charge is -2.31. The van der Waals surface area contributed by atoms with Gasteiger partial charge < -0.3 is 24.6 Å². The number of amides is 1. The Bertz CT molecular complexity index is 760. The summed E-state index contributed by atoms with van der Waals surface area (Å²) in [6, 6.07) is 13.3. The normalized spacial score (nSPS) is 14.6. The Labute approximate surface area is 167 Å². The van der Waals surface area contributed by atoms with Gasteiger partial charge in [-0.1, -0.05) is 0 Å². The van der Waals surface area contributed by atoms with Gasteiger partial charge in [-0.2, -0.15) is 0 Å². The predicted octanol–water partition coefficient (Wildman–Crippen LogP) is 2.07. The van der Waals surface area contributed by atoms with Crippen LogP contribution in [-0.2, 0) is 0 Å². The molecule has 6 nitrogen and oxygen atoms in total. The van der Waals surface area contributed by atoms with Crippen molar-refractivity contribution in [1.82, 2.24) is 0 Å². The van der Waals surface area contributed by atoms with Gasteiger partial charge in [0.2, 0.25) is 0 Å². The fourth-order valence-electron chi connectivity index (χ4n) is 3.31. The number of hydrogen-bond donors (Lipinski definition) is 2. The molecule has 2 aromatic rings. The number of carbonyl (C=O) groups excluding carboxylic acids is 1. The highest BCUT2D eigenvalue weighted by Gasteiger charge is 2.17. The van der Waals surface area contributed by atoms with Gasteiger partial charge >= 0.3 is 0 Å². The van der Waals surface area contributed by atoms with Crippen LogP contribution in [0.15, 0.2) is 42.5 Å². The number of benzene rings is 2. The zero-order valence-electron chi connectivity index (χ0n) is 17.0. The number of anilines is 2. The number of rotatable bonds is 7. The maximum atomic E-state index is 12.7. The highest BCUT2D eigenvalue weighted by Crippen LogP contribution is 2.24. The van der Waals surface area contributed by atoms with Crippen LogP contribution in [0, 0.1) is 0 Å². The molecule has 0 radical (unpaired) electrons. The van der Waals surface area contributed by atoms with Crippen molar-refractivity contribution in [1.29, 1.82) is 0 Å². The first-order valence-corrected chi connectivity index (χ1v) is 9.97. The number of nitrogens with one attached hydrogen (secondary N) is 2. The van der Waals surface area contributed by atoms with Crippen LogP contribution in [0.25, 0.3) is 0 Å². The molecule has 1 aliphatic heterocycles. The van der Waals surface area contributed by atoms with E-state index in [2.05, 4.69) is 29.4 Å². The molecular formula is C22H30N3O3+. The van der Waals surface area contributed by atoms with E-state index in [1.54, 1.807) is 23.1 Å². The van der Waals surface area contributed by atoms with E-state index in [-0.39, 0.29) is 5.91 Å². The van der Waals surface area contributed by atoms with Crippen molar-refractivity contribution in [3.8, 4) is 11.5 Å². The van der Waals surface area contributed by atoms with Crippen molar-refractivity contribution >= 4 is 17.3 Å². The predicted molar refractivity (Wildman–Crippen MR) is 112 cm³/mol. The van der Waals surface area contributed by atoms with Gasteiger partial charge in [-0.25, -0.2) is 0 Å². The van der Waals surface area contributed by atoms with Gasteiger partial charge in [0.15, 0.2) is 0 Å². The average molecular weight is 385 g/mol. The second kappa shape index (κ2) is 9.46. The number of nitrogens with zero attached hydrogens (tertiary/aromatic N) is 1. The Morgan fingerprint density at radius 3 is 2.11 bits per heavy atom. The third-order valence-electron chi connectivity index (χ3n) is 4.87. The van der Waals surface area contributed by atoms with E-state index in [9.17, 15) is 4.79 Å². The number of quaternary nitrogens is 1. The number of likely N-dealkylation sites (N-methyl/N-ethyl adjacent to an activating group) is 1. The summed E-state index contributed by atoms with van der Waals surface area (Å²) in [5.74, 6) is 1.08. The lowest BCUT2D eigenvalue weighted by atomic mass is 10.1. The number of ether oxygens (including phenoxy) is 2. The van der Waals surface area contributed by atoms with Crippen LogP contribution in [0.5, 0.6) is 11.5 Å². The maximum Gasteiger partial charge on any atom is 0.255 e. The molecule has 6 heteroatoms. The minimum Gasteiger partial charge on any atom is -0.494 e. The zero-order chi connectivity index (χ0) is 19.9.